The summed E-state index contributed by atoms with van der Waals surface area (Å²) in [6.07, 6.45) is 6.22. The van der Waals surface area contributed by atoms with Gasteiger partial charge in [0.05, 0.1) is 12.6 Å². The zero-order valence-corrected chi connectivity index (χ0v) is 21.3. The van der Waals surface area contributed by atoms with E-state index in [4.69, 9.17) is 11.6 Å². The fourth-order valence-electron chi connectivity index (χ4n) is 4.80. The molecule has 2 atom stereocenters. The van der Waals surface area contributed by atoms with Gasteiger partial charge >= 0.3 is 0 Å². The van der Waals surface area contributed by atoms with Crippen LogP contribution in [0.25, 0.3) is 10.1 Å². The molecule has 5 rings (SSSR count). The Hall–Kier alpha value is -2.53. The minimum Gasteiger partial charge on any atom is -0.334 e. The van der Waals surface area contributed by atoms with Gasteiger partial charge in [-0.15, -0.1) is 11.3 Å². The molecule has 2 amide bonds. The number of piperidine rings is 1. The molecule has 2 unspecified atom stereocenters. The van der Waals surface area contributed by atoms with Gasteiger partial charge in [0, 0.05) is 35.2 Å². The molecule has 2 aliphatic heterocycles. The zero-order chi connectivity index (χ0) is 24.6. The first kappa shape index (κ1) is 24.2. The summed E-state index contributed by atoms with van der Waals surface area (Å²) in [5.74, 6) is -0.496. The number of nitrogens with one attached hydrogen (secondary N) is 1. The largest absolute Gasteiger partial charge is 0.334 e. The third kappa shape index (κ3) is 5.06. The lowest BCUT2D eigenvalue weighted by Crippen LogP contribution is -2.54. The number of benzene rings is 1. The Kier molecular flexibility index (Phi) is 6.80. The van der Waals surface area contributed by atoms with E-state index in [0.29, 0.717) is 31.0 Å². The Labute approximate surface area is 212 Å². The second kappa shape index (κ2) is 9.85. The van der Waals surface area contributed by atoms with Crippen LogP contribution in [0.3, 0.4) is 0 Å². The molecule has 0 saturated carbocycles. The minimum atomic E-state index is -3.90. The highest BCUT2D eigenvalue weighted by atomic mass is 35.5. The van der Waals surface area contributed by atoms with E-state index >= 15 is 0 Å². The Morgan fingerprint density at radius 3 is 2.80 bits per heavy atom. The summed E-state index contributed by atoms with van der Waals surface area (Å²) in [6.45, 7) is 0.997. The number of sulfonamides is 1. The molecule has 0 spiro atoms. The summed E-state index contributed by atoms with van der Waals surface area (Å²) < 4.78 is 29.6. The van der Waals surface area contributed by atoms with Crippen molar-refractivity contribution in [3.05, 3.63) is 59.4 Å². The molecule has 8 nitrogen and oxygen atoms in total. The van der Waals surface area contributed by atoms with Crippen molar-refractivity contribution in [1.82, 2.24) is 19.5 Å². The second-order valence-corrected chi connectivity index (χ2v) is 12.3. The highest BCUT2D eigenvalue weighted by molar-refractivity contribution is 7.91. The lowest BCUT2D eigenvalue weighted by Gasteiger charge is -2.34. The second-order valence-electron chi connectivity index (χ2n) is 8.85. The smallest absolute Gasteiger partial charge is 0.250 e. The average molecular weight is 533 g/mol. The molecule has 0 radical (unpaired) electrons. The van der Waals surface area contributed by atoms with Gasteiger partial charge in [0.25, 0.3) is 10.0 Å². The van der Waals surface area contributed by atoms with Gasteiger partial charge in [0.1, 0.15) is 10.3 Å². The number of fused-ring (bicyclic) bond motifs is 1. The lowest BCUT2D eigenvalue weighted by atomic mass is 10.1. The molecular weight excluding hydrogens is 508 g/mol. The summed E-state index contributed by atoms with van der Waals surface area (Å²) in [5, 5.41) is 1.30. The predicted molar refractivity (Wildman–Crippen MR) is 135 cm³/mol. The van der Waals surface area contributed by atoms with Crippen LogP contribution in [0.5, 0.6) is 0 Å². The van der Waals surface area contributed by atoms with Crippen LogP contribution < -0.4 is 4.72 Å². The maximum absolute atomic E-state index is 13.2. The van der Waals surface area contributed by atoms with Crippen LogP contribution in [0.15, 0.2) is 53.0 Å². The summed E-state index contributed by atoms with van der Waals surface area (Å²) in [4.78, 5) is 33.7. The van der Waals surface area contributed by atoms with Gasteiger partial charge in [-0.3, -0.25) is 14.6 Å². The number of amides is 2. The predicted octanol–water partition coefficient (Wildman–Crippen LogP) is 3.58. The number of hydrogen-bond acceptors (Lipinski definition) is 6. The van der Waals surface area contributed by atoms with Crippen LogP contribution in [0.2, 0.25) is 5.02 Å². The molecule has 0 bridgehead atoms. The number of carbonyl (C=O) groups is 2. The number of rotatable bonds is 6. The van der Waals surface area contributed by atoms with E-state index in [9.17, 15) is 18.0 Å². The molecule has 35 heavy (non-hydrogen) atoms. The Morgan fingerprint density at radius 2 is 2.00 bits per heavy atom. The molecule has 2 fully saturated rings. The topological polar surface area (TPSA) is 99.7 Å². The summed E-state index contributed by atoms with van der Waals surface area (Å²) >= 11 is 7.13. The lowest BCUT2D eigenvalue weighted by molar-refractivity contribution is -0.143. The van der Waals surface area contributed by atoms with E-state index in [1.165, 1.54) is 4.90 Å². The van der Waals surface area contributed by atoms with Crippen molar-refractivity contribution < 1.29 is 18.0 Å². The standard InChI is InChI=1S/C24H25ClN4O4S2/c25-18-8-7-16-12-23(34-21(16)13-18)35(32,33)27-19-5-2-10-28(24(19)31)15-22(30)29-11-3-6-20(29)17-4-1-9-26-14-17/h1,4,7-9,12-14,19-20,27H,2-3,5-6,10-11,15H2. The number of halogens is 1. The van der Waals surface area contributed by atoms with E-state index in [1.54, 1.807) is 41.6 Å². The molecule has 2 saturated heterocycles. The summed E-state index contributed by atoms with van der Waals surface area (Å²) in [6, 6.07) is 9.64. The first-order valence-corrected chi connectivity index (χ1v) is 14.2. The normalized spacial score (nSPS) is 21.1. The molecule has 1 N–H and O–H groups in total. The molecule has 184 valence electrons. The van der Waals surface area contributed by atoms with Crippen molar-refractivity contribution in [3.63, 3.8) is 0 Å². The first-order chi connectivity index (χ1) is 16.8. The summed E-state index contributed by atoms with van der Waals surface area (Å²) in [7, 11) is -3.90. The van der Waals surface area contributed by atoms with E-state index in [0.717, 1.165) is 39.8 Å². The third-order valence-corrected chi connectivity index (χ3v) is 9.80. The third-order valence-electron chi connectivity index (χ3n) is 6.52. The highest BCUT2D eigenvalue weighted by Crippen LogP contribution is 2.33. The van der Waals surface area contributed by atoms with Crippen molar-refractivity contribution in [1.29, 1.82) is 0 Å². The number of thiophene rings is 1. The molecule has 1 aromatic carbocycles. The van der Waals surface area contributed by atoms with Crippen LogP contribution in [0.4, 0.5) is 0 Å². The molecular formula is C24H25ClN4O4S2. The van der Waals surface area contributed by atoms with Gasteiger partial charge < -0.3 is 9.80 Å². The van der Waals surface area contributed by atoms with Crippen LogP contribution in [0.1, 0.15) is 37.3 Å². The van der Waals surface area contributed by atoms with Crippen molar-refractivity contribution in [2.45, 2.75) is 42.0 Å². The minimum absolute atomic E-state index is 0.0492. The molecule has 3 aromatic rings. The Morgan fingerprint density at radius 1 is 1.17 bits per heavy atom. The quantitative estimate of drug-likeness (QED) is 0.523. The van der Waals surface area contributed by atoms with Crippen LogP contribution in [-0.4, -0.2) is 60.7 Å². The van der Waals surface area contributed by atoms with E-state index in [2.05, 4.69) is 9.71 Å². The highest BCUT2D eigenvalue weighted by Gasteiger charge is 2.36. The number of hydrogen-bond donors (Lipinski definition) is 1. The molecule has 2 aromatic heterocycles. The maximum atomic E-state index is 13.2. The maximum Gasteiger partial charge on any atom is 0.250 e. The molecule has 0 aliphatic carbocycles. The van der Waals surface area contributed by atoms with Crippen molar-refractivity contribution >= 4 is 54.9 Å². The van der Waals surface area contributed by atoms with Crippen LogP contribution >= 0.6 is 22.9 Å². The van der Waals surface area contributed by atoms with Crippen molar-refractivity contribution in [2.24, 2.45) is 0 Å². The number of likely N-dealkylation sites (tertiary alicyclic amines) is 2. The van der Waals surface area contributed by atoms with Crippen LogP contribution in [0, 0.1) is 0 Å². The Balaban J connectivity index is 1.27. The number of pyridine rings is 1. The summed E-state index contributed by atoms with van der Waals surface area (Å²) in [5.41, 5.74) is 0.985. The van der Waals surface area contributed by atoms with Crippen molar-refractivity contribution in [3.8, 4) is 0 Å². The van der Waals surface area contributed by atoms with Crippen LogP contribution in [-0.2, 0) is 19.6 Å². The monoisotopic (exact) mass is 532 g/mol. The van der Waals surface area contributed by atoms with Gasteiger partial charge in [-0.1, -0.05) is 23.7 Å². The fourth-order valence-corrected chi connectivity index (χ4v) is 7.72. The molecule has 4 heterocycles. The Bertz CT molecular complexity index is 1360. The van der Waals surface area contributed by atoms with Gasteiger partial charge in [-0.25, -0.2) is 8.42 Å². The first-order valence-electron chi connectivity index (χ1n) is 11.5. The zero-order valence-electron chi connectivity index (χ0n) is 18.9. The van der Waals surface area contributed by atoms with Gasteiger partial charge in [0.15, 0.2) is 0 Å². The number of aromatic nitrogens is 1. The average Bonchev–Trinajstić information content (AvgIpc) is 3.50. The fraction of sp³-hybridized carbons (Fsp3) is 0.375. The number of carbonyl (C=O) groups excluding carboxylic acids is 2. The van der Waals surface area contributed by atoms with E-state index in [-0.39, 0.29) is 28.6 Å². The van der Waals surface area contributed by atoms with Gasteiger partial charge in [0.2, 0.25) is 11.8 Å². The van der Waals surface area contributed by atoms with E-state index < -0.39 is 16.1 Å². The van der Waals surface area contributed by atoms with Gasteiger partial charge in [-0.2, -0.15) is 4.72 Å². The SMILES string of the molecule is O=C1C(NS(=O)(=O)c2cc3ccc(Cl)cc3s2)CCCN1CC(=O)N1CCCC1c1cccnc1. The molecule has 11 heteroatoms. The van der Waals surface area contributed by atoms with E-state index in [1.807, 2.05) is 12.1 Å². The van der Waals surface area contributed by atoms with Crippen molar-refractivity contribution in [2.75, 3.05) is 19.6 Å². The molecule has 2 aliphatic rings. The van der Waals surface area contributed by atoms with Gasteiger partial charge in [-0.05, 0) is 60.9 Å². The number of nitrogens with zero attached hydrogens (tertiary/aromatic N) is 3.